The maximum Gasteiger partial charge on any atom is 0.0421 e. The lowest BCUT2D eigenvalue weighted by atomic mass is 9.93. The second-order valence-electron chi connectivity index (χ2n) is 4.24. The summed E-state index contributed by atoms with van der Waals surface area (Å²) in [4.78, 5) is 0. The number of thioether (sulfide) groups is 1. The molecule has 0 saturated heterocycles. The molecule has 0 bridgehead atoms. The highest BCUT2D eigenvalue weighted by molar-refractivity contribution is 7.99. The highest BCUT2D eigenvalue weighted by atomic mass is 32.2. The maximum absolute atomic E-state index is 6.27. The van der Waals surface area contributed by atoms with E-state index >= 15 is 0 Å². The van der Waals surface area contributed by atoms with Crippen LogP contribution in [0.25, 0.3) is 0 Å². The van der Waals surface area contributed by atoms with E-state index in [9.17, 15) is 0 Å². The summed E-state index contributed by atoms with van der Waals surface area (Å²) in [5, 5.41) is 0.574. The summed E-state index contributed by atoms with van der Waals surface area (Å²) in [6, 6.07) is 8.77. The fraction of sp³-hybridized carbons (Fsp3) is 0.500. The van der Waals surface area contributed by atoms with E-state index in [4.69, 9.17) is 5.73 Å². The summed E-state index contributed by atoms with van der Waals surface area (Å²) in [7, 11) is 0. The zero-order valence-corrected chi connectivity index (χ0v) is 9.55. The molecule has 2 heteroatoms. The van der Waals surface area contributed by atoms with Crippen molar-refractivity contribution in [1.82, 2.24) is 0 Å². The monoisotopic (exact) mass is 207 g/mol. The van der Waals surface area contributed by atoms with E-state index in [1.165, 1.54) is 11.1 Å². The molecule has 0 aliphatic carbocycles. The van der Waals surface area contributed by atoms with Gasteiger partial charge in [0.1, 0.15) is 0 Å². The molecule has 2 N–H and O–H groups in total. The van der Waals surface area contributed by atoms with Gasteiger partial charge in [0.05, 0.1) is 0 Å². The highest BCUT2D eigenvalue weighted by Crippen LogP contribution is 2.39. The van der Waals surface area contributed by atoms with Crippen molar-refractivity contribution in [2.75, 3.05) is 0 Å². The van der Waals surface area contributed by atoms with Gasteiger partial charge in [0, 0.05) is 17.0 Å². The number of fused-ring (bicyclic) bond motifs is 1. The first-order valence-electron chi connectivity index (χ1n) is 5.15. The van der Waals surface area contributed by atoms with Gasteiger partial charge in [0.15, 0.2) is 0 Å². The van der Waals surface area contributed by atoms with Gasteiger partial charge in [-0.3, -0.25) is 0 Å². The van der Waals surface area contributed by atoms with Crippen LogP contribution in [0.5, 0.6) is 0 Å². The Morgan fingerprint density at radius 2 is 2.07 bits per heavy atom. The van der Waals surface area contributed by atoms with E-state index < -0.39 is 0 Å². The average molecular weight is 207 g/mol. The van der Waals surface area contributed by atoms with Crippen LogP contribution in [-0.2, 0) is 5.75 Å². The number of hydrogen-bond donors (Lipinski definition) is 1. The molecule has 1 aromatic carbocycles. The maximum atomic E-state index is 6.27. The molecule has 1 aliphatic rings. The number of hydrogen-bond acceptors (Lipinski definition) is 2. The Balaban J connectivity index is 2.31. The summed E-state index contributed by atoms with van der Waals surface area (Å²) in [6.45, 7) is 4.51. The van der Waals surface area contributed by atoms with Gasteiger partial charge in [-0.15, -0.1) is 0 Å². The van der Waals surface area contributed by atoms with Crippen molar-refractivity contribution in [1.29, 1.82) is 0 Å². The van der Waals surface area contributed by atoms with Crippen LogP contribution in [0, 0.1) is 5.92 Å². The lowest BCUT2D eigenvalue weighted by molar-refractivity contribution is 0.520. The van der Waals surface area contributed by atoms with E-state index in [0.717, 1.165) is 5.75 Å². The first-order valence-corrected chi connectivity index (χ1v) is 6.20. The predicted molar refractivity (Wildman–Crippen MR) is 63.3 cm³/mol. The number of nitrogens with two attached hydrogens (primary N) is 1. The third-order valence-corrected chi connectivity index (χ3v) is 4.56. The molecule has 0 spiro atoms. The largest absolute Gasteiger partial charge is 0.323 e. The Kier molecular flexibility index (Phi) is 2.84. The van der Waals surface area contributed by atoms with E-state index in [1.807, 2.05) is 11.8 Å². The molecule has 0 saturated carbocycles. The van der Waals surface area contributed by atoms with Crippen LogP contribution < -0.4 is 5.73 Å². The molecular formula is C12H17NS. The molecular weight excluding hydrogens is 190 g/mol. The Bertz CT molecular complexity index is 322. The Labute approximate surface area is 90.1 Å². The van der Waals surface area contributed by atoms with E-state index in [-0.39, 0.29) is 6.04 Å². The summed E-state index contributed by atoms with van der Waals surface area (Å²) >= 11 is 2.00. The molecule has 76 valence electrons. The lowest BCUT2D eigenvalue weighted by Gasteiger charge is -2.33. The van der Waals surface area contributed by atoms with Crippen LogP contribution in [0.1, 0.15) is 31.0 Å². The lowest BCUT2D eigenvalue weighted by Crippen LogP contribution is -2.31. The second kappa shape index (κ2) is 3.95. The minimum Gasteiger partial charge on any atom is -0.323 e. The second-order valence-corrected chi connectivity index (χ2v) is 5.41. The minimum atomic E-state index is 0.213. The molecule has 2 atom stereocenters. The van der Waals surface area contributed by atoms with Gasteiger partial charge in [-0.1, -0.05) is 38.1 Å². The van der Waals surface area contributed by atoms with E-state index in [0.29, 0.717) is 11.2 Å². The van der Waals surface area contributed by atoms with E-state index in [2.05, 4.69) is 38.1 Å². The van der Waals surface area contributed by atoms with E-state index in [1.54, 1.807) is 0 Å². The molecule has 1 heterocycles. The fourth-order valence-corrected chi connectivity index (χ4v) is 3.44. The van der Waals surface area contributed by atoms with Crippen LogP contribution in [-0.4, -0.2) is 5.25 Å². The summed E-state index contributed by atoms with van der Waals surface area (Å²) in [6.07, 6.45) is 0. The molecule has 0 aromatic heterocycles. The summed E-state index contributed by atoms with van der Waals surface area (Å²) < 4.78 is 0. The minimum absolute atomic E-state index is 0.213. The summed E-state index contributed by atoms with van der Waals surface area (Å²) in [5.41, 5.74) is 9.04. The van der Waals surface area contributed by atoms with Gasteiger partial charge in [0.25, 0.3) is 0 Å². The van der Waals surface area contributed by atoms with Crippen molar-refractivity contribution in [3.8, 4) is 0 Å². The first-order chi connectivity index (χ1) is 6.70. The number of rotatable bonds is 1. The van der Waals surface area contributed by atoms with Gasteiger partial charge in [-0.05, 0) is 17.0 Å². The molecule has 0 radical (unpaired) electrons. The smallest absolute Gasteiger partial charge is 0.0421 e. The van der Waals surface area contributed by atoms with Crippen LogP contribution in [0.4, 0.5) is 0 Å². The van der Waals surface area contributed by atoms with Crippen molar-refractivity contribution >= 4 is 11.8 Å². The standard InChI is InChI=1S/C12H17NS/c1-8(2)12-11(13)10-6-4-3-5-9(10)7-14-12/h3-6,8,11-12H,7,13H2,1-2H3. The quantitative estimate of drug-likeness (QED) is 0.766. The molecule has 1 nitrogen and oxygen atoms in total. The Morgan fingerprint density at radius 3 is 2.79 bits per heavy atom. The SMILES string of the molecule is CC(C)C1SCc2ccccc2C1N. The van der Waals surface area contributed by atoms with Crippen LogP contribution >= 0.6 is 11.8 Å². The molecule has 0 amide bonds. The normalized spacial score (nSPS) is 26.3. The molecule has 1 aliphatic heterocycles. The highest BCUT2D eigenvalue weighted by Gasteiger charge is 2.28. The van der Waals surface area contributed by atoms with Crippen LogP contribution in [0.15, 0.2) is 24.3 Å². The Hall–Kier alpha value is -0.470. The molecule has 2 unspecified atom stereocenters. The van der Waals surface area contributed by atoms with Crippen molar-refractivity contribution in [2.24, 2.45) is 11.7 Å². The predicted octanol–water partition coefficient (Wildman–Crippen LogP) is 2.96. The van der Waals surface area contributed by atoms with Gasteiger partial charge < -0.3 is 5.73 Å². The van der Waals surface area contributed by atoms with Crippen molar-refractivity contribution in [3.05, 3.63) is 35.4 Å². The van der Waals surface area contributed by atoms with Gasteiger partial charge >= 0.3 is 0 Å². The van der Waals surface area contributed by atoms with Gasteiger partial charge in [-0.2, -0.15) is 11.8 Å². The van der Waals surface area contributed by atoms with Crippen molar-refractivity contribution in [3.63, 3.8) is 0 Å². The van der Waals surface area contributed by atoms with Crippen LogP contribution in [0.2, 0.25) is 0 Å². The third-order valence-electron chi connectivity index (χ3n) is 2.86. The molecule has 14 heavy (non-hydrogen) atoms. The van der Waals surface area contributed by atoms with Gasteiger partial charge in [0.2, 0.25) is 0 Å². The van der Waals surface area contributed by atoms with Gasteiger partial charge in [-0.25, -0.2) is 0 Å². The topological polar surface area (TPSA) is 26.0 Å². The van der Waals surface area contributed by atoms with Crippen molar-refractivity contribution in [2.45, 2.75) is 30.9 Å². The van der Waals surface area contributed by atoms with Crippen molar-refractivity contribution < 1.29 is 0 Å². The average Bonchev–Trinajstić information content (AvgIpc) is 2.18. The zero-order valence-electron chi connectivity index (χ0n) is 8.73. The third kappa shape index (κ3) is 1.69. The molecule has 0 fully saturated rings. The molecule has 1 aromatic rings. The first kappa shape index (κ1) is 10.1. The molecule has 2 rings (SSSR count). The Morgan fingerprint density at radius 1 is 1.36 bits per heavy atom. The number of benzene rings is 1. The fourth-order valence-electron chi connectivity index (χ4n) is 2.06. The van der Waals surface area contributed by atoms with Crippen LogP contribution in [0.3, 0.4) is 0 Å². The summed E-state index contributed by atoms with van der Waals surface area (Å²) in [5.74, 6) is 1.77. The zero-order chi connectivity index (χ0) is 10.1.